The normalized spacial score (nSPS) is 12.0. The Labute approximate surface area is 118 Å². The zero-order chi connectivity index (χ0) is 15.3. The number of esters is 2. The molecular formula is C13H21N3O4. The fraction of sp³-hybridized carbons (Fsp3) is 0.615. The van der Waals surface area contributed by atoms with Crippen LogP contribution in [0.2, 0.25) is 0 Å². The molecule has 0 fully saturated rings. The first-order valence-corrected chi connectivity index (χ1v) is 6.65. The molecule has 1 atom stereocenters. The SMILES string of the molecule is CCOC(=O)C(CC)OC(=O)c1c(N)c(CC)nn1C. The van der Waals surface area contributed by atoms with Crippen LogP contribution in [0.5, 0.6) is 0 Å². The van der Waals surface area contributed by atoms with Crippen molar-refractivity contribution in [1.29, 1.82) is 0 Å². The summed E-state index contributed by atoms with van der Waals surface area (Å²) in [7, 11) is 1.61. The van der Waals surface area contributed by atoms with Gasteiger partial charge in [-0.1, -0.05) is 13.8 Å². The maximum absolute atomic E-state index is 12.1. The van der Waals surface area contributed by atoms with Crippen LogP contribution in [0.15, 0.2) is 0 Å². The molecule has 20 heavy (non-hydrogen) atoms. The first kappa shape index (κ1) is 16.0. The van der Waals surface area contributed by atoms with E-state index in [0.717, 1.165) is 0 Å². The van der Waals surface area contributed by atoms with Gasteiger partial charge in [-0.15, -0.1) is 0 Å². The summed E-state index contributed by atoms with van der Waals surface area (Å²) in [6.45, 7) is 5.56. The van der Waals surface area contributed by atoms with Crippen molar-refractivity contribution in [2.75, 3.05) is 12.3 Å². The van der Waals surface area contributed by atoms with Crippen molar-refractivity contribution in [3.63, 3.8) is 0 Å². The summed E-state index contributed by atoms with van der Waals surface area (Å²) < 4.78 is 11.4. The van der Waals surface area contributed by atoms with Crippen LogP contribution in [0, 0.1) is 0 Å². The average Bonchev–Trinajstić information content (AvgIpc) is 2.70. The Hall–Kier alpha value is -2.05. The van der Waals surface area contributed by atoms with Crippen molar-refractivity contribution in [2.24, 2.45) is 7.05 Å². The lowest BCUT2D eigenvalue weighted by atomic mass is 10.2. The number of nitrogens with zero attached hydrogens (tertiary/aromatic N) is 2. The van der Waals surface area contributed by atoms with Gasteiger partial charge in [0.05, 0.1) is 18.0 Å². The van der Waals surface area contributed by atoms with Gasteiger partial charge in [-0.05, 0) is 19.8 Å². The average molecular weight is 283 g/mol. The first-order valence-electron chi connectivity index (χ1n) is 6.65. The van der Waals surface area contributed by atoms with E-state index in [-0.39, 0.29) is 12.3 Å². The van der Waals surface area contributed by atoms with Crippen molar-refractivity contribution < 1.29 is 19.1 Å². The Morgan fingerprint density at radius 1 is 1.35 bits per heavy atom. The van der Waals surface area contributed by atoms with Crippen molar-refractivity contribution >= 4 is 17.6 Å². The molecule has 1 aromatic rings. The number of nitrogen functional groups attached to an aromatic ring is 1. The van der Waals surface area contributed by atoms with Gasteiger partial charge < -0.3 is 15.2 Å². The van der Waals surface area contributed by atoms with Gasteiger partial charge in [0.15, 0.2) is 11.8 Å². The van der Waals surface area contributed by atoms with Crippen LogP contribution in [-0.2, 0) is 27.7 Å². The van der Waals surface area contributed by atoms with E-state index in [9.17, 15) is 9.59 Å². The third-order valence-corrected chi connectivity index (χ3v) is 2.86. The van der Waals surface area contributed by atoms with E-state index in [0.29, 0.717) is 24.2 Å². The first-order chi connectivity index (χ1) is 9.46. The molecule has 1 heterocycles. The predicted octanol–water partition coefficient (Wildman–Crippen LogP) is 1.06. The number of rotatable bonds is 6. The monoisotopic (exact) mass is 283 g/mol. The van der Waals surface area contributed by atoms with Crippen LogP contribution in [0.25, 0.3) is 0 Å². The number of aromatic nitrogens is 2. The third-order valence-electron chi connectivity index (χ3n) is 2.86. The van der Waals surface area contributed by atoms with Crippen LogP contribution in [0.1, 0.15) is 43.4 Å². The summed E-state index contributed by atoms with van der Waals surface area (Å²) >= 11 is 0. The molecule has 0 saturated heterocycles. The highest BCUT2D eigenvalue weighted by molar-refractivity contribution is 5.95. The van der Waals surface area contributed by atoms with Gasteiger partial charge in [0.1, 0.15) is 0 Å². The maximum atomic E-state index is 12.1. The van der Waals surface area contributed by atoms with Crippen LogP contribution in [0.4, 0.5) is 5.69 Å². The molecule has 2 N–H and O–H groups in total. The van der Waals surface area contributed by atoms with Gasteiger partial charge in [-0.3, -0.25) is 4.68 Å². The summed E-state index contributed by atoms with van der Waals surface area (Å²) in [4.78, 5) is 23.7. The Morgan fingerprint density at radius 3 is 2.45 bits per heavy atom. The molecule has 0 amide bonds. The highest BCUT2D eigenvalue weighted by atomic mass is 16.6. The van der Waals surface area contributed by atoms with Gasteiger partial charge in [0.2, 0.25) is 0 Å². The minimum atomic E-state index is -0.929. The van der Waals surface area contributed by atoms with E-state index in [2.05, 4.69) is 5.10 Å². The smallest absolute Gasteiger partial charge is 0.359 e. The summed E-state index contributed by atoms with van der Waals surface area (Å²) in [5.74, 6) is -1.23. The zero-order valence-electron chi connectivity index (χ0n) is 12.3. The lowest BCUT2D eigenvalue weighted by molar-refractivity contribution is -0.153. The van der Waals surface area contributed by atoms with Gasteiger partial charge in [0, 0.05) is 7.05 Å². The lowest BCUT2D eigenvalue weighted by Gasteiger charge is -2.14. The van der Waals surface area contributed by atoms with Crippen molar-refractivity contribution in [2.45, 2.75) is 39.7 Å². The van der Waals surface area contributed by atoms with E-state index in [4.69, 9.17) is 15.2 Å². The molecule has 112 valence electrons. The molecule has 0 aliphatic carbocycles. The molecule has 0 bridgehead atoms. The lowest BCUT2D eigenvalue weighted by Crippen LogP contribution is -2.29. The fourth-order valence-electron chi connectivity index (χ4n) is 1.82. The quantitative estimate of drug-likeness (QED) is 0.784. The maximum Gasteiger partial charge on any atom is 0.359 e. The molecule has 0 aliphatic heterocycles. The summed E-state index contributed by atoms with van der Waals surface area (Å²) in [5.41, 5.74) is 6.94. The number of ether oxygens (including phenoxy) is 2. The minimum Gasteiger partial charge on any atom is -0.463 e. The van der Waals surface area contributed by atoms with E-state index in [1.54, 1.807) is 20.9 Å². The molecular weight excluding hydrogens is 262 g/mol. The van der Waals surface area contributed by atoms with Crippen molar-refractivity contribution in [3.05, 3.63) is 11.4 Å². The van der Waals surface area contributed by atoms with E-state index in [1.807, 2.05) is 6.92 Å². The Balaban J connectivity index is 2.90. The molecule has 0 saturated carbocycles. The Bertz CT molecular complexity index is 496. The summed E-state index contributed by atoms with van der Waals surface area (Å²) in [5, 5.41) is 4.14. The number of anilines is 1. The number of aryl methyl sites for hydroxylation is 2. The summed E-state index contributed by atoms with van der Waals surface area (Å²) in [6, 6.07) is 0. The van der Waals surface area contributed by atoms with Crippen molar-refractivity contribution in [1.82, 2.24) is 9.78 Å². The van der Waals surface area contributed by atoms with E-state index in [1.165, 1.54) is 4.68 Å². The van der Waals surface area contributed by atoms with E-state index < -0.39 is 18.0 Å². The fourth-order valence-corrected chi connectivity index (χ4v) is 1.82. The second-order valence-corrected chi connectivity index (χ2v) is 4.24. The minimum absolute atomic E-state index is 0.157. The molecule has 0 aliphatic rings. The number of hydrogen-bond donors (Lipinski definition) is 1. The van der Waals surface area contributed by atoms with Crippen LogP contribution in [0.3, 0.4) is 0 Å². The third kappa shape index (κ3) is 3.28. The van der Waals surface area contributed by atoms with Gasteiger partial charge in [-0.25, -0.2) is 9.59 Å². The van der Waals surface area contributed by atoms with Crippen LogP contribution in [-0.4, -0.2) is 34.4 Å². The van der Waals surface area contributed by atoms with Gasteiger partial charge >= 0.3 is 11.9 Å². The second-order valence-electron chi connectivity index (χ2n) is 4.24. The number of nitrogens with two attached hydrogens (primary N) is 1. The molecule has 7 heteroatoms. The van der Waals surface area contributed by atoms with E-state index >= 15 is 0 Å². The van der Waals surface area contributed by atoms with Gasteiger partial charge in [0.25, 0.3) is 0 Å². The predicted molar refractivity (Wildman–Crippen MR) is 73.1 cm³/mol. The van der Waals surface area contributed by atoms with Crippen LogP contribution >= 0.6 is 0 Å². The van der Waals surface area contributed by atoms with Crippen molar-refractivity contribution in [3.8, 4) is 0 Å². The molecule has 0 aromatic carbocycles. The molecule has 1 unspecified atom stereocenters. The topological polar surface area (TPSA) is 96.4 Å². The standard InChI is InChI=1S/C13H21N3O4/c1-5-8-10(14)11(16(4)15-8)13(18)20-9(6-2)12(17)19-7-3/h9H,5-7,14H2,1-4H3. The molecule has 7 nitrogen and oxygen atoms in total. The highest BCUT2D eigenvalue weighted by Crippen LogP contribution is 2.19. The van der Waals surface area contributed by atoms with Crippen LogP contribution < -0.4 is 5.73 Å². The summed E-state index contributed by atoms with van der Waals surface area (Å²) in [6.07, 6.45) is 0.0205. The second kappa shape index (κ2) is 6.93. The molecule has 1 aromatic heterocycles. The molecule has 0 spiro atoms. The van der Waals surface area contributed by atoms with Gasteiger partial charge in [-0.2, -0.15) is 5.10 Å². The zero-order valence-corrected chi connectivity index (χ0v) is 12.3. The highest BCUT2D eigenvalue weighted by Gasteiger charge is 2.27. The molecule has 1 rings (SSSR count). The number of hydrogen-bond acceptors (Lipinski definition) is 6. The largest absolute Gasteiger partial charge is 0.463 e. The Morgan fingerprint density at radius 2 is 2.00 bits per heavy atom. The molecule has 0 radical (unpaired) electrons. The number of carbonyl (C=O) groups excluding carboxylic acids is 2. The number of carbonyl (C=O) groups is 2. The Kier molecular flexibility index (Phi) is 5.54.